The number of rotatable bonds is 6. The number of para-hydroxylation sites is 1. The van der Waals surface area contributed by atoms with Gasteiger partial charge in [0.2, 0.25) is 0 Å². The highest BCUT2D eigenvalue weighted by Gasteiger charge is 2.41. The Morgan fingerprint density at radius 3 is 2.30 bits per heavy atom. The van der Waals surface area contributed by atoms with E-state index in [1.54, 1.807) is 4.90 Å². The average molecular weight is 541 g/mol. The number of ether oxygens (including phenoxy) is 2. The molecule has 1 aliphatic heterocycles. The van der Waals surface area contributed by atoms with Gasteiger partial charge in [0.1, 0.15) is 18.0 Å². The number of carbonyl (C=O) groups excluding carboxylic acids is 2. The van der Waals surface area contributed by atoms with E-state index in [2.05, 4.69) is 28.5 Å². The number of hydrogen-bond donors (Lipinski definition) is 2. The van der Waals surface area contributed by atoms with Crippen LogP contribution in [0.5, 0.6) is 0 Å². The Morgan fingerprint density at radius 2 is 1.62 bits per heavy atom. The van der Waals surface area contributed by atoms with E-state index in [0.29, 0.717) is 32.5 Å². The number of benzene rings is 3. The first-order valence-corrected chi connectivity index (χ1v) is 13.7. The lowest BCUT2D eigenvalue weighted by molar-refractivity contribution is 0.0157. The summed E-state index contributed by atoms with van der Waals surface area (Å²) in [7, 11) is 0. The second-order valence-corrected chi connectivity index (χ2v) is 11.3. The van der Waals surface area contributed by atoms with Crippen molar-refractivity contribution >= 4 is 23.2 Å². The lowest BCUT2D eigenvalue weighted by atomic mass is 9.77. The fourth-order valence-electron chi connectivity index (χ4n) is 5.09. The van der Waals surface area contributed by atoms with Gasteiger partial charge in [-0.05, 0) is 50.8 Å². The Morgan fingerprint density at radius 1 is 0.950 bits per heavy atom. The van der Waals surface area contributed by atoms with Crippen molar-refractivity contribution in [3.8, 4) is 11.1 Å². The predicted octanol–water partition coefficient (Wildman–Crippen LogP) is 6.43. The molecule has 0 saturated carbocycles. The van der Waals surface area contributed by atoms with Gasteiger partial charge in [-0.1, -0.05) is 72.8 Å². The molecule has 2 heterocycles. The van der Waals surface area contributed by atoms with Crippen molar-refractivity contribution in [3.63, 3.8) is 0 Å². The van der Waals surface area contributed by atoms with Crippen molar-refractivity contribution < 1.29 is 19.1 Å². The van der Waals surface area contributed by atoms with Crippen molar-refractivity contribution in [2.45, 2.75) is 51.2 Å². The number of piperidine rings is 1. The van der Waals surface area contributed by atoms with Gasteiger partial charge in [0.25, 0.3) is 0 Å². The molecule has 0 atom stereocenters. The number of aromatic amines is 1. The fraction of sp³-hybridized carbons (Fsp3) is 0.344. The Kier molecular flexibility index (Phi) is 7.78. The number of H-pyrrole nitrogens is 1. The minimum Gasteiger partial charge on any atom is -0.445 e. The standard InChI is InChI=1S/C32H36N4O4/c1-31(2,3)40-30(38)36-19-17-32(18-20-36,22-33-29(37)39-21-23-11-6-4-7-12-23)28-34-26-16-10-15-25(27(26)35-28)24-13-8-5-9-14-24/h4-16H,17-22H2,1-3H3,(H,33,37)(H,34,35). The van der Waals surface area contributed by atoms with Gasteiger partial charge >= 0.3 is 12.2 Å². The quantitative estimate of drug-likeness (QED) is 0.294. The van der Waals surface area contributed by atoms with Crippen molar-refractivity contribution in [2.75, 3.05) is 19.6 Å². The molecule has 0 spiro atoms. The van der Waals surface area contributed by atoms with Crippen LogP contribution in [0.2, 0.25) is 0 Å². The molecule has 2 N–H and O–H groups in total. The van der Waals surface area contributed by atoms with Gasteiger partial charge in [-0.25, -0.2) is 14.6 Å². The summed E-state index contributed by atoms with van der Waals surface area (Å²) in [5.74, 6) is 0.790. The molecule has 0 bridgehead atoms. The van der Waals surface area contributed by atoms with Gasteiger partial charge in [0.05, 0.1) is 11.0 Å². The van der Waals surface area contributed by atoms with Gasteiger partial charge < -0.3 is 24.7 Å². The van der Waals surface area contributed by atoms with E-state index in [4.69, 9.17) is 14.5 Å². The molecule has 0 radical (unpaired) electrons. The zero-order valence-corrected chi connectivity index (χ0v) is 23.3. The van der Waals surface area contributed by atoms with Crippen molar-refractivity contribution in [3.05, 3.63) is 90.3 Å². The summed E-state index contributed by atoms with van der Waals surface area (Å²) < 4.78 is 11.1. The second kappa shape index (κ2) is 11.4. The lowest BCUT2D eigenvalue weighted by Crippen LogP contribution is -2.51. The normalized spacial score (nSPS) is 15.0. The monoisotopic (exact) mass is 540 g/mol. The van der Waals surface area contributed by atoms with Crippen molar-refractivity contribution in [1.82, 2.24) is 20.2 Å². The summed E-state index contributed by atoms with van der Waals surface area (Å²) in [6.45, 7) is 7.07. The van der Waals surface area contributed by atoms with E-state index < -0.39 is 17.1 Å². The van der Waals surface area contributed by atoms with Crippen LogP contribution in [-0.4, -0.2) is 52.3 Å². The molecule has 4 aromatic rings. The van der Waals surface area contributed by atoms with Crippen LogP contribution >= 0.6 is 0 Å². The minimum absolute atomic E-state index is 0.192. The van der Waals surface area contributed by atoms with Crippen LogP contribution in [0, 0.1) is 0 Å². The topological polar surface area (TPSA) is 96.6 Å². The number of likely N-dealkylation sites (tertiary alicyclic amines) is 1. The Labute approximate surface area is 234 Å². The molecule has 2 amide bonds. The van der Waals surface area contributed by atoms with Crippen molar-refractivity contribution in [1.29, 1.82) is 0 Å². The third kappa shape index (κ3) is 6.28. The van der Waals surface area contributed by atoms with Gasteiger partial charge in [-0.2, -0.15) is 0 Å². The van der Waals surface area contributed by atoms with Crippen LogP contribution in [-0.2, 0) is 21.5 Å². The van der Waals surface area contributed by atoms with Crippen LogP contribution in [0.25, 0.3) is 22.2 Å². The van der Waals surface area contributed by atoms with Gasteiger partial charge in [0, 0.05) is 30.6 Å². The van der Waals surface area contributed by atoms with Gasteiger partial charge in [-0.15, -0.1) is 0 Å². The fourth-order valence-corrected chi connectivity index (χ4v) is 5.09. The summed E-state index contributed by atoms with van der Waals surface area (Å²) in [5.41, 5.74) is 3.77. The SMILES string of the molecule is CC(C)(C)OC(=O)N1CCC(CNC(=O)OCc2ccccc2)(c2nc3c(-c4ccccc4)cccc3[nH]2)CC1. The minimum atomic E-state index is -0.567. The number of fused-ring (bicyclic) bond motifs is 1. The van der Waals surface area contributed by atoms with Crippen LogP contribution in [0.1, 0.15) is 45.0 Å². The van der Waals surface area contributed by atoms with E-state index in [0.717, 1.165) is 33.5 Å². The Balaban J connectivity index is 1.39. The number of nitrogens with zero attached hydrogens (tertiary/aromatic N) is 2. The number of carbonyl (C=O) groups is 2. The second-order valence-electron chi connectivity index (χ2n) is 11.3. The number of amides is 2. The zero-order valence-electron chi connectivity index (χ0n) is 23.3. The molecule has 1 fully saturated rings. The molecule has 208 valence electrons. The van der Waals surface area contributed by atoms with E-state index in [-0.39, 0.29) is 12.7 Å². The zero-order chi connectivity index (χ0) is 28.2. The molecule has 0 aliphatic carbocycles. The molecule has 8 nitrogen and oxygen atoms in total. The van der Waals surface area contributed by atoms with Gasteiger partial charge in [-0.3, -0.25) is 0 Å². The van der Waals surface area contributed by atoms with Crippen LogP contribution in [0.4, 0.5) is 9.59 Å². The summed E-state index contributed by atoms with van der Waals surface area (Å²) in [4.78, 5) is 35.9. The Bertz CT molecular complexity index is 1450. The highest BCUT2D eigenvalue weighted by Crippen LogP contribution is 2.37. The number of hydrogen-bond acceptors (Lipinski definition) is 5. The molecule has 0 unspecified atom stereocenters. The maximum atomic E-state index is 12.8. The third-order valence-corrected chi connectivity index (χ3v) is 7.26. The van der Waals surface area contributed by atoms with Gasteiger partial charge in [0.15, 0.2) is 0 Å². The first-order chi connectivity index (χ1) is 19.2. The van der Waals surface area contributed by atoms with Crippen LogP contribution < -0.4 is 5.32 Å². The van der Waals surface area contributed by atoms with E-state index >= 15 is 0 Å². The summed E-state index contributed by atoms with van der Waals surface area (Å²) in [6.07, 6.45) is 0.392. The predicted molar refractivity (Wildman–Crippen MR) is 155 cm³/mol. The first kappa shape index (κ1) is 27.2. The van der Waals surface area contributed by atoms with Crippen LogP contribution in [0.3, 0.4) is 0 Å². The van der Waals surface area contributed by atoms with Crippen LogP contribution in [0.15, 0.2) is 78.9 Å². The van der Waals surface area contributed by atoms with E-state index in [9.17, 15) is 9.59 Å². The highest BCUT2D eigenvalue weighted by molar-refractivity contribution is 5.92. The smallest absolute Gasteiger partial charge is 0.410 e. The van der Waals surface area contributed by atoms with E-state index in [1.165, 1.54) is 0 Å². The molecule has 5 rings (SSSR count). The number of imidazole rings is 1. The highest BCUT2D eigenvalue weighted by atomic mass is 16.6. The molecule has 3 aromatic carbocycles. The van der Waals surface area contributed by atoms with E-state index in [1.807, 2.05) is 81.4 Å². The first-order valence-electron chi connectivity index (χ1n) is 13.7. The molecule has 8 heteroatoms. The molecule has 1 aliphatic rings. The largest absolute Gasteiger partial charge is 0.445 e. The maximum Gasteiger partial charge on any atom is 0.410 e. The third-order valence-electron chi connectivity index (χ3n) is 7.26. The molecule has 1 saturated heterocycles. The molecule has 40 heavy (non-hydrogen) atoms. The summed E-state index contributed by atoms with van der Waals surface area (Å²) >= 11 is 0. The molecule has 1 aromatic heterocycles. The number of alkyl carbamates (subject to hydrolysis) is 1. The summed E-state index contributed by atoms with van der Waals surface area (Å²) in [6, 6.07) is 25.9. The molecular weight excluding hydrogens is 504 g/mol. The molecular formula is C32H36N4O4. The number of aromatic nitrogens is 2. The summed E-state index contributed by atoms with van der Waals surface area (Å²) in [5, 5.41) is 2.98. The van der Waals surface area contributed by atoms with Crippen molar-refractivity contribution in [2.24, 2.45) is 0 Å². The number of nitrogens with one attached hydrogen (secondary N) is 2. The average Bonchev–Trinajstić information content (AvgIpc) is 3.41. The maximum absolute atomic E-state index is 12.8. The lowest BCUT2D eigenvalue weighted by Gasteiger charge is -2.40. The Hall–Kier alpha value is -4.33.